The Morgan fingerprint density at radius 3 is 2.67 bits per heavy atom. The molecule has 0 saturated heterocycles. The van der Waals surface area contributed by atoms with Gasteiger partial charge in [0.05, 0.1) is 28.6 Å². The van der Waals surface area contributed by atoms with E-state index in [2.05, 4.69) is 10.3 Å². The van der Waals surface area contributed by atoms with Gasteiger partial charge in [-0.25, -0.2) is 4.39 Å². The minimum Gasteiger partial charge on any atom is -0.376 e. The highest BCUT2D eigenvalue weighted by atomic mass is 35.5. The highest BCUT2D eigenvalue weighted by molar-refractivity contribution is 6.33. The Labute approximate surface area is 111 Å². The minimum absolute atomic E-state index is 0.0363. The molecule has 1 N–H and O–H groups in total. The molecule has 2 aromatic rings. The van der Waals surface area contributed by atoms with Crippen molar-refractivity contribution >= 4 is 17.3 Å². The van der Waals surface area contributed by atoms with E-state index in [0.717, 1.165) is 16.9 Å². The smallest absolute Gasteiger partial charge is 0.141 e. The van der Waals surface area contributed by atoms with Crippen molar-refractivity contribution in [2.45, 2.75) is 19.9 Å². The van der Waals surface area contributed by atoms with E-state index in [1.165, 1.54) is 12.3 Å². The summed E-state index contributed by atoms with van der Waals surface area (Å²) < 4.78 is 12.8. The zero-order valence-corrected chi connectivity index (χ0v) is 11.0. The van der Waals surface area contributed by atoms with Crippen LogP contribution in [0.5, 0.6) is 0 Å². The summed E-state index contributed by atoms with van der Waals surface area (Å²) in [5.41, 5.74) is 2.73. The lowest BCUT2D eigenvalue weighted by atomic mass is 10.1. The average molecular weight is 265 g/mol. The van der Waals surface area contributed by atoms with E-state index in [0.29, 0.717) is 5.02 Å². The van der Waals surface area contributed by atoms with Crippen LogP contribution in [0.25, 0.3) is 0 Å². The minimum atomic E-state index is -0.334. The van der Waals surface area contributed by atoms with Gasteiger partial charge in [0.15, 0.2) is 0 Å². The summed E-state index contributed by atoms with van der Waals surface area (Å²) in [5, 5.41) is 3.93. The summed E-state index contributed by atoms with van der Waals surface area (Å²) in [6.07, 6.45) is 1.21. The molecule has 0 bridgehead atoms. The van der Waals surface area contributed by atoms with E-state index in [-0.39, 0.29) is 11.9 Å². The lowest BCUT2D eigenvalue weighted by Crippen LogP contribution is -2.08. The molecule has 94 valence electrons. The van der Waals surface area contributed by atoms with Gasteiger partial charge in [-0.15, -0.1) is 0 Å². The third-order valence-electron chi connectivity index (χ3n) is 2.69. The van der Waals surface area contributed by atoms with E-state index in [1.54, 1.807) is 6.07 Å². The first-order valence-electron chi connectivity index (χ1n) is 5.70. The van der Waals surface area contributed by atoms with E-state index in [4.69, 9.17) is 11.6 Å². The maximum atomic E-state index is 12.8. The number of hydrogen-bond donors (Lipinski definition) is 1. The predicted octanol–water partition coefficient (Wildman–Crippen LogP) is 4.36. The van der Waals surface area contributed by atoms with Gasteiger partial charge >= 0.3 is 0 Å². The van der Waals surface area contributed by atoms with E-state index in [9.17, 15) is 4.39 Å². The molecule has 0 saturated carbocycles. The quantitative estimate of drug-likeness (QED) is 0.891. The summed E-state index contributed by atoms with van der Waals surface area (Å²) in [4.78, 5) is 4.04. The Hall–Kier alpha value is -1.61. The molecule has 1 unspecified atom stereocenters. The molecule has 0 fully saturated rings. The molecule has 1 aromatic heterocycles. The number of pyridine rings is 1. The molecule has 1 atom stereocenters. The van der Waals surface area contributed by atoms with Crippen molar-refractivity contribution in [2.75, 3.05) is 5.32 Å². The Morgan fingerprint density at radius 2 is 2.06 bits per heavy atom. The second-order valence-corrected chi connectivity index (χ2v) is 4.66. The van der Waals surface area contributed by atoms with Crippen LogP contribution in [0.3, 0.4) is 0 Å². The summed E-state index contributed by atoms with van der Waals surface area (Å²) in [5.74, 6) is -0.334. The molecule has 4 heteroatoms. The number of aryl methyl sites for hydroxylation is 1. The lowest BCUT2D eigenvalue weighted by molar-refractivity contribution is 0.617. The molecule has 0 aliphatic rings. The normalized spacial score (nSPS) is 12.2. The maximum absolute atomic E-state index is 12.8. The second-order valence-electron chi connectivity index (χ2n) is 4.25. The molecular weight excluding hydrogens is 251 g/mol. The number of anilines is 1. The Bertz CT molecular complexity index is 540. The first kappa shape index (κ1) is 12.8. The van der Waals surface area contributed by atoms with Gasteiger partial charge in [0.2, 0.25) is 0 Å². The van der Waals surface area contributed by atoms with Crippen molar-refractivity contribution in [1.82, 2.24) is 4.98 Å². The molecule has 0 amide bonds. The van der Waals surface area contributed by atoms with Crippen molar-refractivity contribution < 1.29 is 4.39 Å². The van der Waals surface area contributed by atoms with Crippen molar-refractivity contribution in [3.05, 3.63) is 58.6 Å². The number of halogens is 2. The number of rotatable bonds is 3. The van der Waals surface area contributed by atoms with Crippen LogP contribution in [-0.4, -0.2) is 4.98 Å². The van der Waals surface area contributed by atoms with Crippen LogP contribution in [0, 0.1) is 12.7 Å². The summed E-state index contributed by atoms with van der Waals surface area (Å²) >= 11 is 6.14. The average Bonchev–Trinajstić information content (AvgIpc) is 2.33. The fourth-order valence-corrected chi connectivity index (χ4v) is 1.98. The van der Waals surface area contributed by atoms with Crippen LogP contribution < -0.4 is 5.32 Å². The van der Waals surface area contributed by atoms with Gasteiger partial charge in [0.25, 0.3) is 0 Å². The van der Waals surface area contributed by atoms with Crippen molar-refractivity contribution in [1.29, 1.82) is 0 Å². The van der Waals surface area contributed by atoms with Gasteiger partial charge in [-0.3, -0.25) is 4.98 Å². The second kappa shape index (κ2) is 5.36. The van der Waals surface area contributed by atoms with Crippen LogP contribution in [0.2, 0.25) is 5.02 Å². The first-order chi connectivity index (χ1) is 8.56. The fourth-order valence-electron chi connectivity index (χ4n) is 1.69. The first-order valence-corrected chi connectivity index (χ1v) is 6.08. The number of nitrogens with zero attached hydrogens (tertiary/aromatic N) is 1. The fraction of sp³-hybridized carbons (Fsp3) is 0.214. The summed E-state index contributed by atoms with van der Waals surface area (Å²) in [6, 6.07) is 8.84. The number of benzene rings is 1. The highest BCUT2D eigenvalue weighted by Gasteiger charge is 2.09. The molecule has 18 heavy (non-hydrogen) atoms. The number of nitrogens with one attached hydrogen (secondary N) is 1. The monoisotopic (exact) mass is 264 g/mol. The summed E-state index contributed by atoms with van der Waals surface area (Å²) in [7, 11) is 0. The maximum Gasteiger partial charge on any atom is 0.141 e. The topological polar surface area (TPSA) is 24.9 Å². The van der Waals surface area contributed by atoms with Gasteiger partial charge in [-0.2, -0.15) is 0 Å². The Morgan fingerprint density at radius 1 is 1.28 bits per heavy atom. The van der Waals surface area contributed by atoms with Gasteiger partial charge in [-0.1, -0.05) is 17.7 Å². The van der Waals surface area contributed by atoms with Crippen LogP contribution in [0.15, 0.2) is 36.5 Å². The zero-order valence-electron chi connectivity index (χ0n) is 10.2. The van der Waals surface area contributed by atoms with Crippen molar-refractivity contribution in [3.8, 4) is 0 Å². The molecule has 2 nitrogen and oxygen atoms in total. The van der Waals surface area contributed by atoms with Crippen LogP contribution >= 0.6 is 11.6 Å². The third kappa shape index (κ3) is 2.99. The Balaban J connectivity index is 2.15. The lowest BCUT2D eigenvalue weighted by Gasteiger charge is -2.16. The SMILES string of the molecule is Cc1ccc(NC(C)c2ccc(F)cn2)c(Cl)c1. The van der Waals surface area contributed by atoms with Crippen LogP contribution in [-0.2, 0) is 0 Å². The molecule has 1 heterocycles. The summed E-state index contributed by atoms with van der Waals surface area (Å²) in [6.45, 7) is 3.94. The molecule has 2 rings (SSSR count). The molecule has 0 aliphatic heterocycles. The largest absolute Gasteiger partial charge is 0.376 e. The van der Waals surface area contributed by atoms with E-state index < -0.39 is 0 Å². The van der Waals surface area contributed by atoms with Crippen molar-refractivity contribution in [3.63, 3.8) is 0 Å². The number of hydrogen-bond acceptors (Lipinski definition) is 2. The Kier molecular flexibility index (Phi) is 3.82. The van der Waals surface area contributed by atoms with Gasteiger partial charge in [0, 0.05) is 0 Å². The van der Waals surface area contributed by atoms with Crippen LogP contribution in [0.4, 0.5) is 10.1 Å². The highest BCUT2D eigenvalue weighted by Crippen LogP contribution is 2.26. The molecular formula is C14H14ClFN2. The predicted molar refractivity (Wildman–Crippen MR) is 72.4 cm³/mol. The van der Waals surface area contributed by atoms with Gasteiger partial charge < -0.3 is 5.32 Å². The standard InChI is InChI=1S/C14H14ClFN2/c1-9-3-5-14(12(15)7-9)18-10(2)13-6-4-11(16)8-17-13/h3-8,10,18H,1-2H3. The molecule has 1 aromatic carbocycles. The van der Waals surface area contributed by atoms with Crippen molar-refractivity contribution in [2.24, 2.45) is 0 Å². The van der Waals surface area contributed by atoms with Gasteiger partial charge in [-0.05, 0) is 43.7 Å². The zero-order chi connectivity index (χ0) is 13.1. The molecule has 0 aliphatic carbocycles. The van der Waals surface area contributed by atoms with Gasteiger partial charge in [0.1, 0.15) is 5.82 Å². The molecule has 0 spiro atoms. The molecule has 0 radical (unpaired) electrons. The number of aromatic nitrogens is 1. The third-order valence-corrected chi connectivity index (χ3v) is 3.00. The van der Waals surface area contributed by atoms with E-state index >= 15 is 0 Å². The van der Waals surface area contributed by atoms with E-state index in [1.807, 2.05) is 32.0 Å². The van der Waals surface area contributed by atoms with Crippen LogP contribution in [0.1, 0.15) is 24.2 Å².